The first-order chi connectivity index (χ1) is 15.5. The molecule has 0 radical (unpaired) electrons. The molecule has 0 N–H and O–H groups in total. The quantitative estimate of drug-likeness (QED) is 0.428. The smallest absolute Gasteiger partial charge is 0.250 e. The molecule has 0 amide bonds. The zero-order valence-corrected chi connectivity index (χ0v) is 18.2. The molecule has 0 atom stereocenters. The van der Waals surface area contributed by atoms with E-state index in [1.54, 1.807) is 28.6 Å². The molecular weight excluding hydrogens is 402 g/mol. The summed E-state index contributed by atoms with van der Waals surface area (Å²) in [4.78, 5) is 16.6. The van der Waals surface area contributed by atoms with Crippen LogP contribution in [-0.4, -0.2) is 23.9 Å². The van der Waals surface area contributed by atoms with Crippen molar-refractivity contribution in [3.63, 3.8) is 0 Å². The molecule has 5 rings (SSSR count). The van der Waals surface area contributed by atoms with Gasteiger partial charge in [0.05, 0.1) is 17.4 Å². The maximum Gasteiger partial charge on any atom is 0.250 e. The Bertz CT molecular complexity index is 1470. The Labute approximate surface area is 185 Å². The molecule has 2 aromatic carbocycles. The highest BCUT2D eigenvalue weighted by Gasteiger charge is 2.12. The zero-order valence-electron chi connectivity index (χ0n) is 18.2. The number of fused-ring (bicyclic) bond motifs is 1. The maximum absolute atomic E-state index is 12.0. The topological polar surface area (TPSA) is 66.9 Å². The lowest BCUT2D eigenvalue weighted by molar-refractivity contribution is 0.300. The number of nitrogens with zero attached hydrogens (tertiary/aromatic N) is 5. The number of benzene rings is 2. The molecule has 5 aromatic rings. The van der Waals surface area contributed by atoms with E-state index in [2.05, 4.69) is 22.2 Å². The van der Waals surface area contributed by atoms with Crippen molar-refractivity contribution < 1.29 is 4.74 Å². The Kier molecular flexibility index (Phi) is 4.86. The van der Waals surface area contributed by atoms with E-state index in [-0.39, 0.29) is 5.56 Å². The van der Waals surface area contributed by atoms with Gasteiger partial charge in [-0.15, -0.1) is 0 Å². The van der Waals surface area contributed by atoms with E-state index < -0.39 is 0 Å². The summed E-state index contributed by atoms with van der Waals surface area (Å²) in [7, 11) is 5.59. The van der Waals surface area contributed by atoms with Gasteiger partial charge in [0.15, 0.2) is 0 Å². The fourth-order valence-corrected chi connectivity index (χ4v) is 3.87. The summed E-state index contributed by atoms with van der Waals surface area (Å²) in [6.45, 7) is 0.306. The number of para-hydroxylation sites is 1. The Morgan fingerprint density at radius 3 is 2.50 bits per heavy atom. The normalized spacial score (nSPS) is 11.2. The molecule has 3 heterocycles. The molecule has 3 aromatic heterocycles. The van der Waals surface area contributed by atoms with Gasteiger partial charge in [0, 0.05) is 50.7 Å². The number of rotatable bonds is 5. The number of ether oxygens (including phenoxy) is 1. The first-order valence-electron chi connectivity index (χ1n) is 10.3. The monoisotopic (exact) mass is 425 g/mol. The molecule has 0 saturated carbocycles. The van der Waals surface area contributed by atoms with E-state index in [1.165, 1.54) is 0 Å². The predicted octanol–water partition coefficient (Wildman–Crippen LogP) is 3.92. The Morgan fingerprint density at radius 2 is 1.72 bits per heavy atom. The summed E-state index contributed by atoms with van der Waals surface area (Å²) in [6.07, 6.45) is 5.50. The average Bonchev–Trinajstić information content (AvgIpc) is 3.37. The summed E-state index contributed by atoms with van der Waals surface area (Å²) in [5.74, 6) is 0.752. The van der Waals surface area contributed by atoms with Crippen molar-refractivity contribution in [2.24, 2.45) is 21.1 Å². The number of aromatic nitrogens is 5. The predicted molar refractivity (Wildman–Crippen MR) is 124 cm³/mol. The van der Waals surface area contributed by atoms with E-state index in [1.807, 2.05) is 67.6 Å². The Morgan fingerprint density at radius 1 is 0.906 bits per heavy atom. The number of hydrogen-bond donors (Lipinski definition) is 0. The molecular formula is C25H23N5O2. The molecule has 0 fully saturated rings. The van der Waals surface area contributed by atoms with Crippen LogP contribution in [0.5, 0.6) is 5.75 Å². The van der Waals surface area contributed by atoms with E-state index in [0.29, 0.717) is 6.61 Å². The number of imidazole rings is 1. The van der Waals surface area contributed by atoms with Crippen molar-refractivity contribution in [3.05, 3.63) is 89.4 Å². The number of aryl methyl sites for hydroxylation is 3. The van der Waals surface area contributed by atoms with Gasteiger partial charge in [-0.2, -0.15) is 5.10 Å². The van der Waals surface area contributed by atoms with Crippen molar-refractivity contribution >= 4 is 11.0 Å². The van der Waals surface area contributed by atoms with Crippen LogP contribution in [0.25, 0.3) is 33.3 Å². The van der Waals surface area contributed by atoms with Crippen LogP contribution in [0.15, 0.2) is 78.1 Å². The third-order valence-electron chi connectivity index (χ3n) is 5.62. The van der Waals surface area contributed by atoms with Gasteiger partial charge in [-0.05, 0) is 35.4 Å². The van der Waals surface area contributed by atoms with Crippen LogP contribution in [0.2, 0.25) is 0 Å². The van der Waals surface area contributed by atoms with Crippen LogP contribution in [0.4, 0.5) is 0 Å². The average molecular weight is 425 g/mol. The molecule has 0 unspecified atom stereocenters. The minimum Gasteiger partial charge on any atom is -0.487 e. The second-order valence-electron chi connectivity index (χ2n) is 7.87. The van der Waals surface area contributed by atoms with Crippen LogP contribution in [-0.2, 0) is 27.7 Å². The van der Waals surface area contributed by atoms with Crippen LogP contribution in [0.3, 0.4) is 0 Å². The lowest BCUT2D eigenvalue weighted by Gasteiger charge is -2.08. The van der Waals surface area contributed by atoms with Crippen molar-refractivity contribution in [1.82, 2.24) is 23.9 Å². The van der Waals surface area contributed by atoms with E-state index in [0.717, 1.165) is 44.7 Å². The fourth-order valence-electron chi connectivity index (χ4n) is 3.87. The largest absolute Gasteiger partial charge is 0.487 e. The second-order valence-corrected chi connectivity index (χ2v) is 7.87. The third kappa shape index (κ3) is 3.58. The SMILES string of the molecule is Cn1cc(-c2ccn(C)c(=O)c2)c(COc2ccc(-c3cccc4c3ncn4C)cc2)n1. The van der Waals surface area contributed by atoms with Crippen molar-refractivity contribution in [3.8, 4) is 28.0 Å². The summed E-state index contributed by atoms with van der Waals surface area (Å²) < 4.78 is 11.3. The molecule has 0 aliphatic carbocycles. The molecule has 0 aliphatic rings. The molecule has 0 aliphatic heterocycles. The van der Waals surface area contributed by atoms with Crippen molar-refractivity contribution in [2.75, 3.05) is 0 Å². The molecule has 32 heavy (non-hydrogen) atoms. The number of pyridine rings is 1. The minimum atomic E-state index is -0.0586. The molecule has 7 heteroatoms. The van der Waals surface area contributed by atoms with Gasteiger partial charge in [0.2, 0.25) is 0 Å². The lowest BCUT2D eigenvalue weighted by Crippen LogP contribution is -2.14. The summed E-state index contributed by atoms with van der Waals surface area (Å²) in [6, 6.07) is 17.7. The van der Waals surface area contributed by atoms with Crippen LogP contribution >= 0.6 is 0 Å². The lowest BCUT2D eigenvalue weighted by atomic mass is 10.0. The van der Waals surface area contributed by atoms with E-state index in [4.69, 9.17) is 4.74 Å². The van der Waals surface area contributed by atoms with Gasteiger partial charge in [-0.3, -0.25) is 9.48 Å². The van der Waals surface area contributed by atoms with Gasteiger partial charge >= 0.3 is 0 Å². The fraction of sp³-hybridized carbons (Fsp3) is 0.160. The first-order valence-corrected chi connectivity index (χ1v) is 10.3. The summed E-state index contributed by atoms with van der Waals surface area (Å²) in [5.41, 5.74) is 6.70. The van der Waals surface area contributed by atoms with Gasteiger partial charge in [0.1, 0.15) is 18.1 Å². The molecule has 160 valence electrons. The van der Waals surface area contributed by atoms with E-state index >= 15 is 0 Å². The molecule has 0 bridgehead atoms. The maximum atomic E-state index is 12.0. The summed E-state index contributed by atoms with van der Waals surface area (Å²) >= 11 is 0. The highest BCUT2D eigenvalue weighted by atomic mass is 16.5. The van der Waals surface area contributed by atoms with Gasteiger partial charge in [0.25, 0.3) is 5.56 Å². The van der Waals surface area contributed by atoms with Gasteiger partial charge in [-0.1, -0.05) is 24.3 Å². The minimum absolute atomic E-state index is 0.0586. The zero-order chi connectivity index (χ0) is 22.2. The van der Waals surface area contributed by atoms with Crippen LogP contribution in [0.1, 0.15) is 5.69 Å². The van der Waals surface area contributed by atoms with Crippen molar-refractivity contribution in [1.29, 1.82) is 0 Å². The van der Waals surface area contributed by atoms with Crippen LogP contribution in [0, 0.1) is 0 Å². The van der Waals surface area contributed by atoms with Gasteiger partial charge in [-0.25, -0.2) is 4.98 Å². The molecule has 0 spiro atoms. The Balaban J connectivity index is 1.37. The molecule has 7 nitrogen and oxygen atoms in total. The first kappa shape index (κ1) is 19.8. The van der Waals surface area contributed by atoms with E-state index in [9.17, 15) is 4.79 Å². The number of hydrogen-bond acceptors (Lipinski definition) is 4. The summed E-state index contributed by atoms with van der Waals surface area (Å²) in [5, 5.41) is 4.53. The standard InChI is InChI=1S/C25H23N5O2/c1-28-12-11-18(13-24(28)31)21-14-30(3)27-22(21)15-32-19-9-7-17(8-10-19)20-5-4-6-23-25(20)26-16-29(23)2/h4-14,16H,15H2,1-3H3. The Hall–Kier alpha value is -4.13. The van der Waals surface area contributed by atoms with Crippen molar-refractivity contribution in [2.45, 2.75) is 6.61 Å². The highest BCUT2D eigenvalue weighted by Crippen LogP contribution is 2.29. The second kappa shape index (κ2) is 7.85. The highest BCUT2D eigenvalue weighted by molar-refractivity contribution is 5.92. The third-order valence-corrected chi connectivity index (χ3v) is 5.62. The van der Waals surface area contributed by atoms with Gasteiger partial charge < -0.3 is 13.9 Å². The molecule has 0 saturated heterocycles. The van der Waals surface area contributed by atoms with Crippen LogP contribution < -0.4 is 10.3 Å².